The summed E-state index contributed by atoms with van der Waals surface area (Å²) in [5.74, 6) is 0.883. The number of para-hydroxylation sites is 1. The lowest BCUT2D eigenvalue weighted by Gasteiger charge is -2.12. The van der Waals surface area contributed by atoms with Crippen LogP contribution in [0, 0.1) is 6.92 Å². The van der Waals surface area contributed by atoms with Crippen molar-refractivity contribution < 1.29 is 14.3 Å². The van der Waals surface area contributed by atoms with Crippen LogP contribution in [0.2, 0.25) is 0 Å². The number of hydrogen-bond donors (Lipinski definition) is 1. The third kappa shape index (κ3) is 4.13. The van der Waals surface area contributed by atoms with E-state index in [4.69, 9.17) is 9.47 Å². The molecule has 0 fully saturated rings. The maximum atomic E-state index is 12.2. The van der Waals surface area contributed by atoms with E-state index in [2.05, 4.69) is 20.3 Å². The third-order valence-electron chi connectivity index (χ3n) is 3.66. The van der Waals surface area contributed by atoms with Crippen LogP contribution < -0.4 is 14.8 Å². The van der Waals surface area contributed by atoms with Gasteiger partial charge in [0.2, 0.25) is 5.88 Å². The highest BCUT2D eigenvalue weighted by molar-refractivity contribution is 5.93. The van der Waals surface area contributed by atoms with Gasteiger partial charge in [-0.2, -0.15) is 0 Å². The number of hydrogen-bond acceptors (Lipinski definition) is 6. The Morgan fingerprint density at radius 2 is 1.85 bits per heavy atom. The lowest BCUT2D eigenvalue weighted by Crippen LogP contribution is -2.23. The highest BCUT2D eigenvalue weighted by Crippen LogP contribution is 2.25. The third-order valence-corrected chi connectivity index (χ3v) is 3.66. The molecule has 0 unspecified atom stereocenters. The minimum Gasteiger partial charge on any atom is -0.467 e. The number of aromatic nitrogens is 3. The molecule has 0 spiro atoms. The smallest absolute Gasteiger partial charge is 0.316 e. The minimum absolute atomic E-state index is 0.211. The van der Waals surface area contributed by atoms with E-state index < -0.39 is 0 Å². The van der Waals surface area contributed by atoms with Gasteiger partial charge in [0, 0.05) is 30.7 Å². The van der Waals surface area contributed by atoms with Gasteiger partial charge < -0.3 is 14.8 Å². The first kappa shape index (κ1) is 17.3. The zero-order valence-electron chi connectivity index (χ0n) is 14.5. The summed E-state index contributed by atoms with van der Waals surface area (Å²) in [6.07, 6.45) is 4.47. The number of ether oxygens (including phenoxy) is 2. The van der Waals surface area contributed by atoms with Crippen molar-refractivity contribution in [2.24, 2.45) is 0 Å². The molecule has 0 aliphatic heterocycles. The van der Waals surface area contributed by atoms with Gasteiger partial charge >= 0.3 is 6.01 Å². The molecular formula is C19H18N4O3. The predicted octanol–water partition coefficient (Wildman–Crippen LogP) is 2.91. The van der Waals surface area contributed by atoms with E-state index in [0.717, 1.165) is 16.9 Å². The van der Waals surface area contributed by atoms with Gasteiger partial charge in [-0.15, -0.1) is 0 Å². The van der Waals surface area contributed by atoms with Crippen molar-refractivity contribution in [2.75, 3.05) is 7.11 Å². The molecule has 1 N–H and O–H groups in total. The highest BCUT2D eigenvalue weighted by atomic mass is 16.5. The van der Waals surface area contributed by atoms with Gasteiger partial charge in [-0.1, -0.05) is 24.3 Å². The first-order valence-corrected chi connectivity index (χ1v) is 7.99. The largest absolute Gasteiger partial charge is 0.467 e. The molecule has 2 aromatic heterocycles. The van der Waals surface area contributed by atoms with Gasteiger partial charge in [0.15, 0.2) is 0 Å². The number of aryl methyl sites for hydroxylation is 1. The summed E-state index contributed by atoms with van der Waals surface area (Å²) in [7, 11) is 1.47. The summed E-state index contributed by atoms with van der Waals surface area (Å²) < 4.78 is 10.8. The van der Waals surface area contributed by atoms with Gasteiger partial charge in [0.25, 0.3) is 5.91 Å². The van der Waals surface area contributed by atoms with Crippen LogP contribution in [0.25, 0.3) is 0 Å². The first-order chi connectivity index (χ1) is 12.7. The molecule has 0 aliphatic carbocycles. The second-order valence-corrected chi connectivity index (χ2v) is 5.48. The Bertz CT molecular complexity index is 897. The molecule has 3 aromatic rings. The monoisotopic (exact) mass is 350 g/mol. The molecule has 0 saturated carbocycles. The lowest BCUT2D eigenvalue weighted by molar-refractivity contribution is 0.0950. The van der Waals surface area contributed by atoms with Crippen LogP contribution in [0.15, 0.2) is 55.0 Å². The normalized spacial score (nSPS) is 10.2. The lowest BCUT2D eigenvalue weighted by atomic mass is 10.2. The van der Waals surface area contributed by atoms with Crippen molar-refractivity contribution >= 4 is 5.91 Å². The van der Waals surface area contributed by atoms with E-state index >= 15 is 0 Å². The Morgan fingerprint density at radius 3 is 2.58 bits per heavy atom. The predicted molar refractivity (Wildman–Crippen MR) is 95.2 cm³/mol. The standard InChI is InChI=1S/C19H18N4O3/c1-13-6-3-4-8-16(13)26-18-14(7-5-9-20-18)10-21-17(24)15-11-22-19(25-2)23-12-15/h3-9,11-12H,10H2,1-2H3,(H,21,24). The summed E-state index contributed by atoms with van der Waals surface area (Å²) in [5.41, 5.74) is 2.11. The van der Waals surface area contributed by atoms with Crippen molar-refractivity contribution in [3.8, 4) is 17.6 Å². The van der Waals surface area contributed by atoms with Gasteiger partial charge in [0.1, 0.15) is 5.75 Å². The summed E-state index contributed by atoms with van der Waals surface area (Å²) in [6, 6.07) is 11.5. The Balaban J connectivity index is 1.70. The highest BCUT2D eigenvalue weighted by Gasteiger charge is 2.11. The molecule has 132 valence electrons. The van der Waals surface area contributed by atoms with Crippen LogP contribution in [-0.4, -0.2) is 28.0 Å². The molecular weight excluding hydrogens is 332 g/mol. The van der Waals surface area contributed by atoms with Gasteiger partial charge in [-0.05, 0) is 24.6 Å². The van der Waals surface area contributed by atoms with E-state index in [1.165, 1.54) is 19.5 Å². The van der Waals surface area contributed by atoms with Crippen LogP contribution in [-0.2, 0) is 6.54 Å². The number of nitrogens with one attached hydrogen (secondary N) is 1. The van der Waals surface area contributed by atoms with Crippen molar-refractivity contribution in [1.82, 2.24) is 20.3 Å². The summed E-state index contributed by atoms with van der Waals surface area (Å²) in [4.78, 5) is 24.4. The number of nitrogens with zero attached hydrogens (tertiary/aromatic N) is 3. The molecule has 7 heteroatoms. The summed E-state index contributed by atoms with van der Waals surface area (Å²) in [5, 5.41) is 2.81. The molecule has 7 nitrogen and oxygen atoms in total. The van der Waals surface area contributed by atoms with Crippen LogP contribution in [0.3, 0.4) is 0 Å². The second-order valence-electron chi connectivity index (χ2n) is 5.48. The SMILES string of the molecule is COc1ncc(C(=O)NCc2cccnc2Oc2ccccc2C)cn1. The number of amides is 1. The number of pyridine rings is 1. The van der Waals surface area contributed by atoms with Crippen LogP contribution in [0.5, 0.6) is 17.6 Å². The fraction of sp³-hybridized carbons (Fsp3) is 0.158. The van der Waals surface area contributed by atoms with Crippen LogP contribution in [0.4, 0.5) is 0 Å². The van der Waals surface area contributed by atoms with Gasteiger partial charge in [-0.25, -0.2) is 15.0 Å². The van der Waals surface area contributed by atoms with Crippen molar-refractivity contribution in [3.63, 3.8) is 0 Å². The number of rotatable bonds is 6. The van der Waals surface area contributed by atoms with Crippen molar-refractivity contribution in [3.05, 3.63) is 71.7 Å². The Kier molecular flexibility index (Phi) is 5.38. The molecule has 2 heterocycles. The van der Waals surface area contributed by atoms with E-state index in [1.54, 1.807) is 12.3 Å². The molecule has 1 aromatic carbocycles. The van der Waals surface area contributed by atoms with Crippen molar-refractivity contribution in [2.45, 2.75) is 13.5 Å². The quantitative estimate of drug-likeness (QED) is 0.736. The zero-order valence-corrected chi connectivity index (χ0v) is 14.5. The van der Waals surface area contributed by atoms with E-state index in [-0.39, 0.29) is 18.5 Å². The number of benzene rings is 1. The molecule has 0 saturated heterocycles. The van der Waals surface area contributed by atoms with Gasteiger partial charge in [0.05, 0.1) is 12.7 Å². The van der Waals surface area contributed by atoms with Gasteiger partial charge in [-0.3, -0.25) is 4.79 Å². The molecule has 0 atom stereocenters. The Hall–Kier alpha value is -3.48. The molecule has 0 bridgehead atoms. The fourth-order valence-corrected chi connectivity index (χ4v) is 2.24. The second kappa shape index (κ2) is 8.06. The fourth-order valence-electron chi connectivity index (χ4n) is 2.24. The number of carbonyl (C=O) groups is 1. The summed E-state index contributed by atoms with van der Waals surface area (Å²) in [6.45, 7) is 2.23. The van der Waals surface area contributed by atoms with Crippen LogP contribution >= 0.6 is 0 Å². The van der Waals surface area contributed by atoms with Crippen LogP contribution in [0.1, 0.15) is 21.5 Å². The number of methoxy groups -OCH3 is 1. The van der Waals surface area contributed by atoms with E-state index in [9.17, 15) is 4.79 Å². The molecule has 1 amide bonds. The van der Waals surface area contributed by atoms with E-state index in [0.29, 0.717) is 11.4 Å². The zero-order chi connectivity index (χ0) is 18.4. The Morgan fingerprint density at radius 1 is 1.08 bits per heavy atom. The molecule has 0 aliphatic rings. The number of carbonyl (C=O) groups excluding carboxylic acids is 1. The molecule has 26 heavy (non-hydrogen) atoms. The molecule has 0 radical (unpaired) electrons. The average Bonchev–Trinajstić information content (AvgIpc) is 2.69. The average molecular weight is 350 g/mol. The van der Waals surface area contributed by atoms with E-state index in [1.807, 2.05) is 37.3 Å². The maximum Gasteiger partial charge on any atom is 0.316 e. The minimum atomic E-state index is -0.293. The van der Waals surface area contributed by atoms with Crippen molar-refractivity contribution in [1.29, 1.82) is 0 Å². The Labute approximate surface area is 151 Å². The topological polar surface area (TPSA) is 86.2 Å². The summed E-state index contributed by atoms with van der Waals surface area (Å²) >= 11 is 0. The molecule has 3 rings (SSSR count). The maximum absolute atomic E-state index is 12.2. The first-order valence-electron chi connectivity index (χ1n) is 7.99.